The maximum absolute atomic E-state index is 12.7. The van der Waals surface area contributed by atoms with Crippen molar-refractivity contribution in [3.05, 3.63) is 17.5 Å². The van der Waals surface area contributed by atoms with Gasteiger partial charge in [-0.05, 0) is 19.8 Å². The number of aryl methyl sites for hydroxylation is 1. The van der Waals surface area contributed by atoms with Crippen LogP contribution in [0.25, 0.3) is 0 Å². The Morgan fingerprint density at radius 3 is 3.04 bits per heavy atom. The molecular weight excluding hydrogens is 298 g/mol. The maximum Gasteiger partial charge on any atom is 0.251 e. The van der Waals surface area contributed by atoms with E-state index in [4.69, 9.17) is 14.1 Å². The number of hydrogen-bond acceptors (Lipinski definition) is 6. The summed E-state index contributed by atoms with van der Waals surface area (Å²) in [5.41, 5.74) is 0.935. The first-order chi connectivity index (χ1) is 11.2. The molecule has 0 spiro atoms. The molecule has 23 heavy (non-hydrogen) atoms. The Balaban J connectivity index is 1.38. The number of likely N-dealkylation sites (tertiary alicyclic amines) is 1. The van der Waals surface area contributed by atoms with Crippen molar-refractivity contribution < 1.29 is 18.9 Å². The van der Waals surface area contributed by atoms with Crippen LogP contribution < -0.4 is 0 Å². The van der Waals surface area contributed by atoms with E-state index in [0.717, 1.165) is 43.9 Å². The van der Waals surface area contributed by atoms with Crippen LogP contribution in [-0.2, 0) is 20.9 Å². The van der Waals surface area contributed by atoms with E-state index in [1.165, 1.54) is 0 Å². The van der Waals surface area contributed by atoms with Gasteiger partial charge in [0.2, 0.25) is 0 Å². The summed E-state index contributed by atoms with van der Waals surface area (Å²) in [6.07, 6.45) is 2.19. The van der Waals surface area contributed by atoms with Gasteiger partial charge in [0, 0.05) is 38.2 Å². The molecule has 7 heteroatoms. The summed E-state index contributed by atoms with van der Waals surface area (Å²) in [5.74, 6) is 1.09. The summed E-state index contributed by atoms with van der Waals surface area (Å²) in [6, 6.07) is 1.96. The predicted octanol–water partition coefficient (Wildman–Crippen LogP) is 0.984. The number of carbonyl (C=O) groups is 1. The molecule has 4 heterocycles. The van der Waals surface area contributed by atoms with E-state index < -0.39 is 0 Å². The fourth-order valence-corrected chi connectivity index (χ4v) is 3.85. The zero-order chi connectivity index (χ0) is 15.8. The zero-order valence-corrected chi connectivity index (χ0v) is 13.4. The highest BCUT2D eigenvalue weighted by Crippen LogP contribution is 2.35. The molecule has 0 bridgehead atoms. The van der Waals surface area contributed by atoms with Crippen molar-refractivity contribution in [3.63, 3.8) is 0 Å². The molecule has 1 amide bonds. The van der Waals surface area contributed by atoms with Crippen LogP contribution >= 0.6 is 0 Å². The smallest absolute Gasteiger partial charge is 0.251 e. The number of carbonyl (C=O) groups excluding carboxylic acids is 1. The van der Waals surface area contributed by atoms with Crippen molar-refractivity contribution in [2.75, 3.05) is 32.8 Å². The van der Waals surface area contributed by atoms with Crippen LogP contribution in [0.2, 0.25) is 0 Å². The summed E-state index contributed by atoms with van der Waals surface area (Å²) in [5, 5.41) is 5.61. The third-order valence-corrected chi connectivity index (χ3v) is 5.02. The first-order valence-corrected chi connectivity index (χ1v) is 8.41. The van der Waals surface area contributed by atoms with Crippen molar-refractivity contribution >= 4 is 5.91 Å². The van der Waals surface area contributed by atoms with Gasteiger partial charge < -0.3 is 9.26 Å². The first kappa shape index (κ1) is 15.1. The second-order valence-electron chi connectivity index (χ2n) is 6.75. The van der Waals surface area contributed by atoms with Crippen LogP contribution in [0.3, 0.4) is 0 Å². The quantitative estimate of drug-likeness (QED) is 0.827. The third-order valence-electron chi connectivity index (χ3n) is 5.02. The van der Waals surface area contributed by atoms with Gasteiger partial charge in [-0.2, -0.15) is 0 Å². The standard InChI is InChI=1S/C16H23N3O4/c1-11-6-12(17-23-11)7-18-8-13-14(10-21-15(13)9-18)16(20)19-4-2-3-5-22-19/h6,13-15H,2-5,7-10H2,1H3/t13-,14+,15-/m1/s1. The number of nitrogens with zero attached hydrogens (tertiary/aromatic N) is 3. The number of amides is 1. The van der Waals surface area contributed by atoms with Gasteiger partial charge in [-0.25, -0.2) is 5.06 Å². The number of rotatable bonds is 3. The predicted molar refractivity (Wildman–Crippen MR) is 80.1 cm³/mol. The first-order valence-electron chi connectivity index (χ1n) is 8.41. The maximum atomic E-state index is 12.7. The second-order valence-corrected chi connectivity index (χ2v) is 6.75. The second kappa shape index (κ2) is 6.22. The Hall–Kier alpha value is -1.44. The molecule has 1 aromatic rings. The van der Waals surface area contributed by atoms with Gasteiger partial charge in [-0.15, -0.1) is 0 Å². The van der Waals surface area contributed by atoms with Gasteiger partial charge in [0.05, 0.1) is 30.9 Å². The highest BCUT2D eigenvalue weighted by atomic mass is 16.7. The highest BCUT2D eigenvalue weighted by molar-refractivity contribution is 5.78. The van der Waals surface area contributed by atoms with E-state index in [1.54, 1.807) is 5.06 Å². The summed E-state index contributed by atoms with van der Waals surface area (Å²) in [6.45, 7) is 6.22. The Kier molecular flexibility index (Phi) is 4.09. The Bertz CT molecular complexity index is 569. The topological polar surface area (TPSA) is 68.0 Å². The SMILES string of the molecule is Cc1cc(CN2C[C@@H]3[C@@H](C(=O)N4CCCCO4)CO[C@@H]3C2)no1. The van der Waals surface area contributed by atoms with Crippen molar-refractivity contribution in [2.45, 2.75) is 32.4 Å². The summed E-state index contributed by atoms with van der Waals surface area (Å²) in [4.78, 5) is 20.5. The van der Waals surface area contributed by atoms with E-state index in [0.29, 0.717) is 19.8 Å². The van der Waals surface area contributed by atoms with E-state index in [-0.39, 0.29) is 23.8 Å². The van der Waals surface area contributed by atoms with Gasteiger partial charge in [0.1, 0.15) is 5.76 Å². The van der Waals surface area contributed by atoms with Crippen LogP contribution in [0.1, 0.15) is 24.3 Å². The van der Waals surface area contributed by atoms with E-state index in [9.17, 15) is 4.79 Å². The molecule has 3 saturated heterocycles. The molecule has 0 aliphatic carbocycles. The molecule has 1 aromatic heterocycles. The summed E-state index contributed by atoms with van der Waals surface area (Å²) >= 11 is 0. The van der Waals surface area contributed by atoms with Crippen molar-refractivity contribution in [1.29, 1.82) is 0 Å². The lowest BCUT2D eigenvalue weighted by molar-refractivity contribution is -0.202. The average Bonchev–Trinajstić information content (AvgIpc) is 3.24. The molecule has 0 aromatic carbocycles. The van der Waals surface area contributed by atoms with Crippen molar-refractivity contribution in [2.24, 2.45) is 11.8 Å². The van der Waals surface area contributed by atoms with Crippen LogP contribution in [0.4, 0.5) is 0 Å². The Morgan fingerprint density at radius 1 is 1.39 bits per heavy atom. The van der Waals surface area contributed by atoms with Crippen molar-refractivity contribution in [1.82, 2.24) is 15.1 Å². The van der Waals surface area contributed by atoms with Crippen molar-refractivity contribution in [3.8, 4) is 0 Å². The molecule has 3 aliphatic heterocycles. The number of hydrogen-bond donors (Lipinski definition) is 0. The van der Waals surface area contributed by atoms with Gasteiger partial charge in [-0.3, -0.25) is 14.5 Å². The van der Waals surface area contributed by atoms with E-state index in [1.807, 2.05) is 13.0 Å². The fourth-order valence-electron chi connectivity index (χ4n) is 3.85. The molecular formula is C16H23N3O4. The summed E-state index contributed by atoms with van der Waals surface area (Å²) in [7, 11) is 0. The van der Waals surface area contributed by atoms with Crippen LogP contribution in [0, 0.1) is 18.8 Å². The largest absolute Gasteiger partial charge is 0.376 e. The minimum absolute atomic E-state index is 0.0813. The van der Waals surface area contributed by atoms with Gasteiger partial charge in [-0.1, -0.05) is 5.16 Å². The number of fused-ring (bicyclic) bond motifs is 1. The van der Waals surface area contributed by atoms with Gasteiger partial charge in [0.15, 0.2) is 0 Å². The molecule has 0 radical (unpaired) electrons. The van der Waals surface area contributed by atoms with Gasteiger partial charge in [0.25, 0.3) is 5.91 Å². The normalized spacial score (nSPS) is 31.5. The molecule has 126 valence electrons. The average molecular weight is 321 g/mol. The van der Waals surface area contributed by atoms with E-state index in [2.05, 4.69) is 10.1 Å². The molecule has 3 aliphatic rings. The molecule has 3 fully saturated rings. The fraction of sp³-hybridized carbons (Fsp3) is 0.750. The molecule has 4 rings (SSSR count). The lowest BCUT2D eigenvalue weighted by atomic mass is 9.92. The Morgan fingerprint density at radius 2 is 2.30 bits per heavy atom. The number of hydroxylamine groups is 2. The highest BCUT2D eigenvalue weighted by Gasteiger charge is 2.48. The third kappa shape index (κ3) is 3.00. The number of ether oxygens (including phenoxy) is 1. The molecule has 0 N–H and O–H groups in total. The monoisotopic (exact) mass is 321 g/mol. The summed E-state index contributed by atoms with van der Waals surface area (Å²) < 4.78 is 11.0. The minimum atomic E-state index is -0.0813. The molecule has 0 unspecified atom stereocenters. The van der Waals surface area contributed by atoms with Crippen LogP contribution in [0.5, 0.6) is 0 Å². The van der Waals surface area contributed by atoms with Crippen LogP contribution in [-0.4, -0.2) is 60.0 Å². The van der Waals surface area contributed by atoms with E-state index >= 15 is 0 Å². The minimum Gasteiger partial charge on any atom is -0.376 e. The lowest BCUT2D eigenvalue weighted by Crippen LogP contribution is -2.42. The Labute approximate surface area is 135 Å². The lowest BCUT2D eigenvalue weighted by Gasteiger charge is -2.29. The van der Waals surface area contributed by atoms with Crippen LogP contribution in [0.15, 0.2) is 10.6 Å². The molecule has 0 saturated carbocycles. The zero-order valence-electron chi connectivity index (χ0n) is 13.4. The number of aromatic nitrogens is 1. The van der Waals surface area contributed by atoms with Gasteiger partial charge >= 0.3 is 0 Å². The molecule has 3 atom stereocenters. The molecule has 7 nitrogen and oxygen atoms in total.